The molecule has 0 aliphatic carbocycles. The van der Waals surface area contributed by atoms with Crippen molar-refractivity contribution in [2.75, 3.05) is 0 Å². The summed E-state index contributed by atoms with van der Waals surface area (Å²) < 4.78 is 5.13. The van der Waals surface area contributed by atoms with Crippen LogP contribution in [0.3, 0.4) is 0 Å². The Morgan fingerprint density at radius 3 is 2.65 bits per heavy atom. The lowest BCUT2D eigenvalue weighted by Crippen LogP contribution is -1.81. The summed E-state index contributed by atoms with van der Waals surface area (Å²) >= 11 is 5.81. The smallest absolute Gasteiger partial charge is 0.276 e. The third kappa shape index (κ3) is 1.92. The van der Waals surface area contributed by atoms with E-state index in [1.807, 2.05) is 12.1 Å². The fourth-order valence-corrected chi connectivity index (χ4v) is 1.55. The number of H-pyrrole nitrogens is 1. The summed E-state index contributed by atoms with van der Waals surface area (Å²) in [4.78, 5) is 4.26. The Morgan fingerprint density at radius 1 is 1.12 bits per heavy atom. The van der Waals surface area contributed by atoms with Crippen LogP contribution in [0, 0.1) is 0 Å². The van der Waals surface area contributed by atoms with E-state index in [1.165, 1.54) is 0 Å². The molecular weight excluding hydrogens is 240 g/mol. The van der Waals surface area contributed by atoms with E-state index < -0.39 is 0 Å². The van der Waals surface area contributed by atoms with Crippen molar-refractivity contribution in [2.45, 2.75) is 0 Å². The lowest BCUT2D eigenvalue weighted by molar-refractivity contribution is 0.431. The van der Waals surface area contributed by atoms with Gasteiger partial charge in [-0.15, -0.1) is 0 Å². The normalized spacial score (nSPS) is 10.6. The molecule has 2 heterocycles. The molecule has 0 atom stereocenters. The van der Waals surface area contributed by atoms with Crippen LogP contribution in [-0.4, -0.2) is 20.3 Å². The minimum atomic E-state index is 0.410. The monoisotopic (exact) mass is 246 g/mol. The van der Waals surface area contributed by atoms with Crippen LogP contribution in [0.4, 0.5) is 0 Å². The van der Waals surface area contributed by atoms with Crippen LogP contribution in [0.1, 0.15) is 0 Å². The highest BCUT2D eigenvalue weighted by Gasteiger charge is 2.10. The zero-order valence-corrected chi connectivity index (χ0v) is 9.35. The predicted octanol–water partition coefficient (Wildman–Crippen LogP) is 2.78. The second kappa shape index (κ2) is 4.03. The average molecular weight is 247 g/mol. The highest BCUT2D eigenvalue weighted by Crippen LogP contribution is 2.21. The van der Waals surface area contributed by atoms with Gasteiger partial charge in [-0.1, -0.05) is 16.8 Å². The third-order valence-electron chi connectivity index (χ3n) is 2.26. The van der Waals surface area contributed by atoms with Crippen LogP contribution in [0.5, 0.6) is 0 Å². The molecule has 84 valence electrons. The first-order valence-corrected chi connectivity index (χ1v) is 5.30. The van der Waals surface area contributed by atoms with Gasteiger partial charge < -0.3 is 4.52 Å². The highest BCUT2D eigenvalue weighted by molar-refractivity contribution is 6.30. The van der Waals surface area contributed by atoms with Gasteiger partial charge in [-0.25, -0.2) is 0 Å². The van der Waals surface area contributed by atoms with Gasteiger partial charge >= 0.3 is 0 Å². The fourth-order valence-electron chi connectivity index (χ4n) is 1.42. The summed E-state index contributed by atoms with van der Waals surface area (Å²) in [6.07, 6.45) is 1.63. The maximum absolute atomic E-state index is 5.81. The summed E-state index contributed by atoms with van der Waals surface area (Å²) in [6.45, 7) is 0. The second-order valence-corrected chi connectivity index (χ2v) is 3.84. The molecule has 5 nitrogen and oxygen atoms in total. The first kappa shape index (κ1) is 10.0. The molecule has 1 aromatic carbocycles. The van der Waals surface area contributed by atoms with E-state index in [4.69, 9.17) is 16.1 Å². The molecule has 0 fully saturated rings. The lowest BCUT2D eigenvalue weighted by atomic mass is 10.2. The fraction of sp³-hybridized carbons (Fsp3) is 0. The van der Waals surface area contributed by atoms with Crippen molar-refractivity contribution >= 4 is 11.6 Å². The molecule has 0 bridgehead atoms. The van der Waals surface area contributed by atoms with E-state index >= 15 is 0 Å². The molecule has 0 radical (unpaired) electrons. The van der Waals surface area contributed by atoms with Crippen molar-refractivity contribution in [3.8, 4) is 23.0 Å². The maximum Gasteiger partial charge on any atom is 0.276 e. The molecule has 2 aromatic heterocycles. The van der Waals surface area contributed by atoms with Gasteiger partial charge in [0, 0.05) is 16.8 Å². The van der Waals surface area contributed by atoms with Crippen LogP contribution in [0.25, 0.3) is 23.0 Å². The number of aromatic amines is 1. The van der Waals surface area contributed by atoms with Gasteiger partial charge in [0.25, 0.3) is 5.89 Å². The SMILES string of the molecule is Clc1ccc(-c2noc(-c3ccn[nH]3)n2)cc1. The quantitative estimate of drug-likeness (QED) is 0.755. The van der Waals surface area contributed by atoms with Crippen LogP contribution >= 0.6 is 11.6 Å². The minimum Gasteiger partial charge on any atom is -0.332 e. The van der Waals surface area contributed by atoms with Gasteiger partial charge in [0.05, 0.1) is 0 Å². The van der Waals surface area contributed by atoms with Gasteiger partial charge in [-0.3, -0.25) is 5.10 Å². The maximum atomic E-state index is 5.81. The van der Waals surface area contributed by atoms with Crippen molar-refractivity contribution in [1.82, 2.24) is 20.3 Å². The second-order valence-electron chi connectivity index (χ2n) is 3.40. The van der Waals surface area contributed by atoms with Crippen molar-refractivity contribution < 1.29 is 4.52 Å². The number of rotatable bonds is 2. The molecule has 0 spiro atoms. The van der Waals surface area contributed by atoms with Gasteiger partial charge in [0.1, 0.15) is 5.69 Å². The Balaban J connectivity index is 1.98. The summed E-state index contributed by atoms with van der Waals surface area (Å²) in [5.74, 6) is 0.929. The lowest BCUT2D eigenvalue weighted by Gasteiger charge is -1.92. The first-order valence-electron chi connectivity index (χ1n) is 4.92. The molecule has 0 saturated heterocycles. The van der Waals surface area contributed by atoms with Crippen molar-refractivity contribution in [1.29, 1.82) is 0 Å². The predicted molar refractivity (Wildman–Crippen MR) is 62.3 cm³/mol. The summed E-state index contributed by atoms with van der Waals surface area (Å²) in [5, 5.41) is 11.1. The van der Waals surface area contributed by atoms with Crippen LogP contribution in [0.2, 0.25) is 5.02 Å². The zero-order chi connectivity index (χ0) is 11.7. The molecule has 3 aromatic rings. The molecule has 6 heteroatoms. The van der Waals surface area contributed by atoms with Crippen molar-refractivity contribution in [3.05, 3.63) is 41.6 Å². The molecule has 0 aliphatic heterocycles. The molecule has 0 amide bonds. The van der Waals surface area contributed by atoms with E-state index in [-0.39, 0.29) is 0 Å². The van der Waals surface area contributed by atoms with E-state index in [2.05, 4.69) is 20.3 Å². The Hall–Kier alpha value is -2.14. The molecular formula is C11H7ClN4O. The van der Waals surface area contributed by atoms with Gasteiger partial charge in [0.15, 0.2) is 0 Å². The minimum absolute atomic E-state index is 0.410. The Morgan fingerprint density at radius 2 is 1.94 bits per heavy atom. The standard InChI is InChI=1S/C11H7ClN4O/c12-8-3-1-7(2-4-8)10-14-11(17-16-10)9-5-6-13-15-9/h1-6H,(H,13,15). The van der Waals surface area contributed by atoms with E-state index in [0.29, 0.717) is 22.4 Å². The Bertz CT molecular complexity index is 615. The van der Waals surface area contributed by atoms with Crippen LogP contribution in [-0.2, 0) is 0 Å². The molecule has 1 N–H and O–H groups in total. The summed E-state index contributed by atoms with van der Waals surface area (Å²) in [7, 11) is 0. The van der Waals surface area contributed by atoms with Gasteiger partial charge in [-0.05, 0) is 30.3 Å². The Labute approximate surface area is 101 Å². The van der Waals surface area contributed by atoms with E-state index in [9.17, 15) is 0 Å². The summed E-state index contributed by atoms with van der Waals surface area (Å²) in [5.41, 5.74) is 1.54. The zero-order valence-electron chi connectivity index (χ0n) is 8.59. The van der Waals surface area contributed by atoms with Crippen molar-refractivity contribution in [3.63, 3.8) is 0 Å². The van der Waals surface area contributed by atoms with E-state index in [0.717, 1.165) is 5.56 Å². The Kier molecular flexibility index (Phi) is 2.38. The number of nitrogens with zero attached hydrogens (tertiary/aromatic N) is 3. The van der Waals surface area contributed by atoms with Gasteiger partial charge in [-0.2, -0.15) is 10.1 Å². The molecule has 17 heavy (non-hydrogen) atoms. The topological polar surface area (TPSA) is 67.6 Å². The summed E-state index contributed by atoms with van der Waals surface area (Å²) in [6, 6.07) is 9.00. The molecule has 0 aliphatic rings. The number of halogens is 1. The number of hydrogen-bond acceptors (Lipinski definition) is 4. The average Bonchev–Trinajstić information content (AvgIpc) is 3.00. The van der Waals surface area contributed by atoms with Gasteiger partial charge in [0.2, 0.25) is 5.82 Å². The number of benzene rings is 1. The number of hydrogen-bond donors (Lipinski definition) is 1. The largest absolute Gasteiger partial charge is 0.332 e. The van der Waals surface area contributed by atoms with Crippen LogP contribution in [0.15, 0.2) is 41.1 Å². The highest BCUT2D eigenvalue weighted by atomic mass is 35.5. The molecule has 3 rings (SSSR count). The van der Waals surface area contributed by atoms with Crippen molar-refractivity contribution in [2.24, 2.45) is 0 Å². The third-order valence-corrected chi connectivity index (χ3v) is 2.51. The number of aromatic nitrogens is 4. The van der Waals surface area contributed by atoms with Crippen LogP contribution < -0.4 is 0 Å². The van der Waals surface area contributed by atoms with E-state index in [1.54, 1.807) is 24.4 Å². The number of nitrogens with one attached hydrogen (secondary N) is 1. The first-order chi connectivity index (χ1) is 8.33. The molecule has 0 saturated carbocycles. The molecule has 0 unspecified atom stereocenters.